The zero-order chi connectivity index (χ0) is 15.4. The van der Waals surface area contributed by atoms with Crippen LogP contribution in [0, 0.1) is 5.92 Å². The smallest absolute Gasteiger partial charge is 0.291 e. The second kappa shape index (κ2) is 6.49. The predicted octanol–water partition coefficient (Wildman–Crippen LogP) is 1.63. The molecule has 1 atom stereocenters. The molecule has 1 N–H and O–H groups in total. The van der Waals surface area contributed by atoms with Crippen molar-refractivity contribution in [2.75, 3.05) is 6.54 Å². The number of rotatable bonds is 4. The molecule has 4 amide bonds. The molecule has 110 valence electrons. The summed E-state index contributed by atoms with van der Waals surface area (Å²) in [5.41, 5.74) is 0.794. The molecular weight excluding hydrogens is 294 g/mol. The number of carbonyl (C=O) groups is 3. The summed E-state index contributed by atoms with van der Waals surface area (Å²) >= 11 is 5.99. The largest absolute Gasteiger partial charge is 0.330 e. The first-order chi connectivity index (χ1) is 10.0. The van der Waals surface area contributed by atoms with E-state index in [-0.39, 0.29) is 13.1 Å². The van der Waals surface area contributed by atoms with Crippen LogP contribution in [0.25, 0.3) is 0 Å². The standard InChI is InChI=1S/C14H14ClN3O3/c1-2-18-13(20)10(12(19)17-14(18)21)8-16-7-9-5-3-4-6-11(9)15/h3-6,8,10H,2,7H2,1H3,(H,17,19,21)/t10-/m0/s1. The van der Waals surface area contributed by atoms with Gasteiger partial charge < -0.3 is 0 Å². The van der Waals surface area contributed by atoms with Crippen LogP contribution in [0.15, 0.2) is 29.3 Å². The van der Waals surface area contributed by atoms with Crippen molar-refractivity contribution in [3.63, 3.8) is 0 Å². The topological polar surface area (TPSA) is 78.8 Å². The molecule has 0 unspecified atom stereocenters. The number of halogens is 1. The van der Waals surface area contributed by atoms with E-state index >= 15 is 0 Å². The average molecular weight is 308 g/mol. The van der Waals surface area contributed by atoms with E-state index in [1.165, 1.54) is 6.21 Å². The zero-order valence-electron chi connectivity index (χ0n) is 11.4. The fourth-order valence-corrected chi connectivity index (χ4v) is 2.14. The van der Waals surface area contributed by atoms with Gasteiger partial charge in [-0.25, -0.2) is 4.79 Å². The summed E-state index contributed by atoms with van der Waals surface area (Å²) in [6, 6.07) is 6.49. The molecule has 0 aliphatic carbocycles. The van der Waals surface area contributed by atoms with E-state index in [2.05, 4.69) is 10.3 Å². The zero-order valence-corrected chi connectivity index (χ0v) is 12.1. The van der Waals surface area contributed by atoms with Crippen LogP contribution in [0.4, 0.5) is 4.79 Å². The average Bonchev–Trinajstić information content (AvgIpc) is 2.44. The molecule has 1 saturated heterocycles. The molecule has 7 heteroatoms. The lowest BCUT2D eigenvalue weighted by Gasteiger charge is -2.27. The maximum absolute atomic E-state index is 12.0. The third-order valence-electron chi connectivity index (χ3n) is 3.08. The van der Waals surface area contributed by atoms with Crippen LogP contribution in [-0.4, -0.2) is 35.5 Å². The molecule has 1 heterocycles. The highest BCUT2D eigenvalue weighted by Crippen LogP contribution is 2.16. The van der Waals surface area contributed by atoms with Crippen LogP contribution in [-0.2, 0) is 16.1 Å². The van der Waals surface area contributed by atoms with Gasteiger partial charge >= 0.3 is 6.03 Å². The number of nitrogens with zero attached hydrogens (tertiary/aromatic N) is 2. The van der Waals surface area contributed by atoms with Gasteiger partial charge in [0.2, 0.25) is 11.8 Å². The van der Waals surface area contributed by atoms with Gasteiger partial charge in [-0.15, -0.1) is 0 Å². The molecule has 21 heavy (non-hydrogen) atoms. The van der Waals surface area contributed by atoms with E-state index in [0.717, 1.165) is 10.5 Å². The number of hydrogen-bond acceptors (Lipinski definition) is 4. The molecule has 1 aliphatic heterocycles. The number of aliphatic imine (C=N–C) groups is 1. The highest BCUT2D eigenvalue weighted by atomic mass is 35.5. The van der Waals surface area contributed by atoms with Crippen molar-refractivity contribution in [3.05, 3.63) is 34.9 Å². The molecular formula is C14H14ClN3O3. The number of nitrogens with one attached hydrogen (secondary N) is 1. The first kappa shape index (κ1) is 15.2. The fourth-order valence-electron chi connectivity index (χ4n) is 1.94. The van der Waals surface area contributed by atoms with Gasteiger partial charge in [0, 0.05) is 17.8 Å². The SMILES string of the molecule is CCN1C(=O)NC(=O)[C@H](C=NCc2ccccc2Cl)C1=O. The number of amides is 4. The predicted molar refractivity (Wildman–Crippen MR) is 78.1 cm³/mol. The van der Waals surface area contributed by atoms with E-state index in [1.807, 2.05) is 12.1 Å². The van der Waals surface area contributed by atoms with Gasteiger partial charge in [-0.05, 0) is 18.6 Å². The number of imide groups is 2. The van der Waals surface area contributed by atoms with Gasteiger partial charge in [0.25, 0.3) is 0 Å². The van der Waals surface area contributed by atoms with Crippen molar-refractivity contribution in [2.45, 2.75) is 13.5 Å². The maximum Gasteiger partial charge on any atom is 0.330 e. The van der Waals surface area contributed by atoms with E-state index < -0.39 is 23.8 Å². The number of barbiturate groups is 1. The lowest BCUT2D eigenvalue weighted by Crippen LogP contribution is -2.58. The molecule has 1 fully saturated rings. The van der Waals surface area contributed by atoms with E-state index in [9.17, 15) is 14.4 Å². The van der Waals surface area contributed by atoms with Gasteiger partial charge in [0.1, 0.15) is 0 Å². The summed E-state index contributed by atoms with van der Waals surface area (Å²) in [6.45, 7) is 2.12. The van der Waals surface area contributed by atoms with Crippen molar-refractivity contribution < 1.29 is 14.4 Å². The Balaban J connectivity index is 2.09. The molecule has 2 rings (SSSR count). The van der Waals surface area contributed by atoms with Crippen LogP contribution in [0.1, 0.15) is 12.5 Å². The second-order valence-corrected chi connectivity index (χ2v) is 4.84. The molecule has 0 radical (unpaired) electrons. The molecule has 1 aromatic carbocycles. The van der Waals surface area contributed by atoms with Crippen LogP contribution in [0.3, 0.4) is 0 Å². The van der Waals surface area contributed by atoms with E-state index in [4.69, 9.17) is 11.6 Å². The lowest BCUT2D eigenvalue weighted by molar-refractivity contribution is -0.139. The highest BCUT2D eigenvalue weighted by Gasteiger charge is 2.38. The fraction of sp³-hybridized carbons (Fsp3) is 0.286. The highest BCUT2D eigenvalue weighted by molar-refractivity contribution is 6.31. The Labute approximate surface area is 126 Å². The van der Waals surface area contributed by atoms with E-state index in [1.54, 1.807) is 19.1 Å². The third-order valence-corrected chi connectivity index (χ3v) is 3.45. The Morgan fingerprint density at radius 1 is 1.33 bits per heavy atom. The molecule has 1 aromatic rings. The van der Waals surface area contributed by atoms with Crippen LogP contribution >= 0.6 is 11.6 Å². The Bertz CT molecular complexity index is 615. The first-order valence-electron chi connectivity index (χ1n) is 6.44. The lowest BCUT2D eigenvalue weighted by atomic mass is 10.1. The molecule has 6 nitrogen and oxygen atoms in total. The summed E-state index contributed by atoms with van der Waals surface area (Å²) < 4.78 is 0. The van der Waals surface area contributed by atoms with Crippen molar-refractivity contribution in [3.8, 4) is 0 Å². The molecule has 1 aliphatic rings. The van der Waals surface area contributed by atoms with Crippen molar-refractivity contribution in [2.24, 2.45) is 10.9 Å². The van der Waals surface area contributed by atoms with Crippen LogP contribution in [0.2, 0.25) is 5.02 Å². The minimum absolute atomic E-state index is 0.201. The number of benzene rings is 1. The Hall–Kier alpha value is -2.21. The molecule has 0 saturated carbocycles. The van der Waals surface area contributed by atoms with Crippen LogP contribution < -0.4 is 5.32 Å². The molecule has 0 bridgehead atoms. The molecule has 0 aromatic heterocycles. The summed E-state index contributed by atoms with van der Waals surface area (Å²) in [5.74, 6) is -2.29. The van der Waals surface area contributed by atoms with E-state index in [0.29, 0.717) is 5.02 Å². The van der Waals surface area contributed by atoms with Gasteiger partial charge in [0.05, 0.1) is 6.54 Å². The Morgan fingerprint density at radius 3 is 2.71 bits per heavy atom. The quantitative estimate of drug-likeness (QED) is 0.678. The van der Waals surface area contributed by atoms with Crippen LogP contribution in [0.5, 0.6) is 0 Å². The van der Waals surface area contributed by atoms with Crippen molar-refractivity contribution >= 4 is 35.7 Å². The monoisotopic (exact) mass is 307 g/mol. The van der Waals surface area contributed by atoms with Gasteiger partial charge in [-0.3, -0.25) is 24.8 Å². The van der Waals surface area contributed by atoms with Crippen molar-refractivity contribution in [1.29, 1.82) is 0 Å². The number of carbonyl (C=O) groups excluding carboxylic acids is 3. The van der Waals surface area contributed by atoms with Gasteiger partial charge in [-0.1, -0.05) is 29.8 Å². The minimum Gasteiger partial charge on any atom is -0.291 e. The summed E-state index contributed by atoms with van der Waals surface area (Å²) in [5, 5.41) is 2.70. The normalized spacial score (nSPS) is 19.2. The molecule has 0 spiro atoms. The first-order valence-corrected chi connectivity index (χ1v) is 6.82. The second-order valence-electron chi connectivity index (χ2n) is 4.44. The number of hydrogen-bond donors (Lipinski definition) is 1. The van der Waals surface area contributed by atoms with Gasteiger partial charge in [0.15, 0.2) is 5.92 Å². The maximum atomic E-state index is 12.0. The third kappa shape index (κ3) is 3.28. The Kier molecular flexibility index (Phi) is 4.70. The summed E-state index contributed by atoms with van der Waals surface area (Å²) in [4.78, 5) is 40.2. The van der Waals surface area contributed by atoms with Gasteiger partial charge in [-0.2, -0.15) is 0 Å². The van der Waals surface area contributed by atoms with Crippen molar-refractivity contribution in [1.82, 2.24) is 10.2 Å². The minimum atomic E-state index is -1.08. The summed E-state index contributed by atoms with van der Waals surface area (Å²) in [7, 11) is 0. The summed E-state index contributed by atoms with van der Waals surface area (Å²) in [6.07, 6.45) is 1.26. The number of urea groups is 1. The Morgan fingerprint density at radius 2 is 2.05 bits per heavy atom.